The third kappa shape index (κ3) is 5.78. The summed E-state index contributed by atoms with van der Waals surface area (Å²) in [6, 6.07) is 10.1. The number of ether oxygens (including phenoxy) is 1. The molecule has 0 bridgehead atoms. The number of benzene rings is 1. The summed E-state index contributed by atoms with van der Waals surface area (Å²) in [4.78, 5) is 24.0. The van der Waals surface area contributed by atoms with Gasteiger partial charge in [0.1, 0.15) is 11.6 Å². The van der Waals surface area contributed by atoms with Crippen LogP contribution in [0, 0.1) is 0 Å². The first-order valence-corrected chi connectivity index (χ1v) is 9.53. The van der Waals surface area contributed by atoms with E-state index in [2.05, 4.69) is 15.5 Å². The SMILES string of the molecule is C.CC(C)(N)C(=O)N[C@H](COCc1ccccc1)c1nnc2c(C(=O)O)cc(Cl)cn12. The number of hydrogen-bond donors (Lipinski definition) is 3. The molecule has 3 rings (SSSR count). The van der Waals surface area contributed by atoms with E-state index < -0.39 is 23.5 Å². The van der Waals surface area contributed by atoms with Crippen LogP contribution in [-0.2, 0) is 16.1 Å². The number of fused-ring (bicyclic) bond motifs is 1. The van der Waals surface area contributed by atoms with Crippen LogP contribution < -0.4 is 11.1 Å². The Morgan fingerprint density at radius 1 is 1.29 bits per heavy atom. The molecular weight excluding hydrogens is 422 g/mol. The lowest BCUT2D eigenvalue weighted by atomic mass is 10.1. The summed E-state index contributed by atoms with van der Waals surface area (Å²) in [7, 11) is 0. The largest absolute Gasteiger partial charge is 0.478 e. The van der Waals surface area contributed by atoms with Gasteiger partial charge >= 0.3 is 5.97 Å². The predicted molar refractivity (Wildman–Crippen MR) is 117 cm³/mol. The highest BCUT2D eigenvalue weighted by molar-refractivity contribution is 6.31. The minimum absolute atomic E-state index is 0. The third-order valence-electron chi connectivity index (χ3n) is 4.33. The molecule has 166 valence electrons. The second-order valence-corrected chi connectivity index (χ2v) is 7.81. The van der Waals surface area contributed by atoms with Crippen LogP contribution in [0.25, 0.3) is 5.65 Å². The van der Waals surface area contributed by atoms with E-state index in [-0.39, 0.29) is 36.1 Å². The second kappa shape index (κ2) is 9.86. The average Bonchev–Trinajstić information content (AvgIpc) is 3.10. The lowest BCUT2D eigenvalue weighted by molar-refractivity contribution is -0.126. The van der Waals surface area contributed by atoms with Gasteiger partial charge in [-0.25, -0.2) is 4.79 Å². The molecular formula is C21H26ClN5O4. The Morgan fingerprint density at radius 3 is 2.58 bits per heavy atom. The van der Waals surface area contributed by atoms with Crippen LogP contribution in [0.15, 0.2) is 42.6 Å². The molecule has 0 saturated carbocycles. The fraction of sp³-hybridized carbons (Fsp3) is 0.333. The Balaban J connectivity index is 0.00000341. The van der Waals surface area contributed by atoms with Crippen LogP contribution in [0.1, 0.15) is 49.1 Å². The van der Waals surface area contributed by atoms with Crippen LogP contribution >= 0.6 is 11.6 Å². The number of pyridine rings is 1. The number of nitrogens with one attached hydrogen (secondary N) is 1. The van der Waals surface area contributed by atoms with Crippen LogP contribution in [0.2, 0.25) is 5.02 Å². The van der Waals surface area contributed by atoms with Crippen molar-refractivity contribution in [2.45, 2.75) is 39.5 Å². The topological polar surface area (TPSA) is 132 Å². The van der Waals surface area contributed by atoms with Gasteiger partial charge in [-0.1, -0.05) is 49.4 Å². The number of amides is 1. The fourth-order valence-electron chi connectivity index (χ4n) is 2.77. The first kappa shape index (κ1) is 24.3. The molecule has 31 heavy (non-hydrogen) atoms. The normalized spacial score (nSPS) is 12.3. The van der Waals surface area contributed by atoms with E-state index in [4.69, 9.17) is 22.1 Å². The molecule has 0 unspecified atom stereocenters. The quantitative estimate of drug-likeness (QED) is 0.483. The second-order valence-electron chi connectivity index (χ2n) is 7.38. The number of nitrogens with zero attached hydrogens (tertiary/aromatic N) is 3. The summed E-state index contributed by atoms with van der Waals surface area (Å²) in [5.41, 5.74) is 5.74. The number of carbonyl (C=O) groups excluding carboxylic acids is 1. The van der Waals surface area contributed by atoms with Gasteiger partial charge < -0.3 is 20.9 Å². The maximum atomic E-state index is 12.5. The first-order chi connectivity index (χ1) is 14.2. The average molecular weight is 448 g/mol. The lowest BCUT2D eigenvalue weighted by Gasteiger charge is -2.23. The van der Waals surface area contributed by atoms with Crippen LogP contribution in [0.3, 0.4) is 0 Å². The molecule has 0 spiro atoms. The minimum Gasteiger partial charge on any atom is -0.478 e. The molecule has 0 fully saturated rings. The Hall–Kier alpha value is -3.01. The maximum absolute atomic E-state index is 12.5. The van der Waals surface area contributed by atoms with E-state index in [0.717, 1.165) is 5.56 Å². The van der Waals surface area contributed by atoms with Crippen molar-refractivity contribution in [2.75, 3.05) is 6.61 Å². The zero-order valence-corrected chi connectivity index (χ0v) is 17.3. The van der Waals surface area contributed by atoms with Crippen molar-refractivity contribution >= 4 is 29.1 Å². The van der Waals surface area contributed by atoms with Gasteiger partial charge in [0, 0.05) is 6.20 Å². The van der Waals surface area contributed by atoms with Crippen LogP contribution in [0.5, 0.6) is 0 Å². The molecule has 2 heterocycles. The summed E-state index contributed by atoms with van der Waals surface area (Å²) in [5, 5.41) is 20.5. The van der Waals surface area contributed by atoms with E-state index in [1.54, 1.807) is 13.8 Å². The van der Waals surface area contributed by atoms with E-state index >= 15 is 0 Å². The number of halogens is 1. The minimum atomic E-state index is -1.19. The molecule has 9 nitrogen and oxygen atoms in total. The molecule has 0 radical (unpaired) electrons. The van der Waals surface area contributed by atoms with Crippen molar-refractivity contribution in [1.82, 2.24) is 19.9 Å². The molecule has 1 aromatic carbocycles. The Morgan fingerprint density at radius 2 is 1.97 bits per heavy atom. The number of rotatable bonds is 8. The zero-order chi connectivity index (χ0) is 21.9. The zero-order valence-electron chi connectivity index (χ0n) is 16.5. The van der Waals surface area contributed by atoms with E-state index in [1.165, 1.54) is 16.7 Å². The van der Waals surface area contributed by atoms with Crippen molar-refractivity contribution < 1.29 is 19.4 Å². The molecule has 3 aromatic rings. The van der Waals surface area contributed by atoms with Crippen molar-refractivity contribution in [2.24, 2.45) is 5.73 Å². The van der Waals surface area contributed by atoms with Gasteiger partial charge in [0.2, 0.25) is 5.91 Å². The number of aromatic carboxylic acids is 1. The highest BCUT2D eigenvalue weighted by atomic mass is 35.5. The molecule has 10 heteroatoms. The molecule has 1 atom stereocenters. The van der Waals surface area contributed by atoms with Gasteiger partial charge in [0.15, 0.2) is 11.5 Å². The predicted octanol–water partition coefficient (Wildman–Crippen LogP) is 2.83. The van der Waals surface area contributed by atoms with E-state index in [0.29, 0.717) is 6.61 Å². The Kier molecular flexibility index (Phi) is 7.72. The molecule has 2 aromatic heterocycles. The molecule has 0 aliphatic carbocycles. The highest BCUT2D eigenvalue weighted by Gasteiger charge is 2.29. The van der Waals surface area contributed by atoms with Crippen molar-refractivity contribution in [3.05, 3.63) is 64.6 Å². The van der Waals surface area contributed by atoms with Crippen molar-refractivity contribution in [3.8, 4) is 0 Å². The highest BCUT2D eigenvalue weighted by Crippen LogP contribution is 2.21. The molecule has 0 aliphatic rings. The number of hydrogen-bond acceptors (Lipinski definition) is 6. The van der Waals surface area contributed by atoms with Crippen LogP contribution in [-0.4, -0.2) is 43.7 Å². The van der Waals surface area contributed by atoms with Gasteiger partial charge in [-0.05, 0) is 25.5 Å². The summed E-state index contributed by atoms with van der Waals surface area (Å²) in [6.07, 6.45) is 1.49. The van der Waals surface area contributed by atoms with Crippen molar-refractivity contribution in [3.63, 3.8) is 0 Å². The molecule has 0 saturated heterocycles. The molecule has 0 aliphatic heterocycles. The Labute approximate surface area is 185 Å². The van der Waals surface area contributed by atoms with Gasteiger partial charge in [-0.3, -0.25) is 9.20 Å². The van der Waals surface area contributed by atoms with Crippen LogP contribution in [0.4, 0.5) is 0 Å². The van der Waals surface area contributed by atoms with E-state index in [9.17, 15) is 14.7 Å². The standard InChI is InChI=1S/C20H22ClN5O4.CH4/c1-20(2,22)19(29)23-15(11-30-10-12-6-4-3-5-7-12)17-25-24-16-14(18(27)28)8-13(21)9-26(16)17;/h3-9,15H,10-11,22H2,1-2H3,(H,23,29)(H,27,28);1H4/t15-;/m1./s1. The van der Waals surface area contributed by atoms with E-state index in [1.807, 2.05) is 30.3 Å². The lowest BCUT2D eigenvalue weighted by Crippen LogP contribution is -2.50. The van der Waals surface area contributed by atoms with Gasteiger partial charge in [-0.15, -0.1) is 10.2 Å². The van der Waals surface area contributed by atoms with Gasteiger partial charge in [-0.2, -0.15) is 0 Å². The van der Waals surface area contributed by atoms with Gasteiger partial charge in [0.25, 0.3) is 0 Å². The fourth-order valence-corrected chi connectivity index (χ4v) is 2.97. The van der Waals surface area contributed by atoms with Crippen molar-refractivity contribution in [1.29, 1.82) is 0 Å². The number of carbonyl (C=O) groups is 2. The first-order valence-electron chi connectivity index (χ1n) is 9.16. The number of nitrogens with two attached hydrogens (primary N) is 1. The number of carboxylic acids is 1. The Bertz CT molecular complexity index is 1060. The summed E-state index contributed by atoms with van der Waals surface area (Å²) >= 11 is 6.09. The molecule has 4 N–H and O–H groups in total. The number of carboxylic acid groups (broad SMARTS) is 1. The molecule has 1 amide bonds. The summed E-state index contributed by atoms with van der Waals surface area (Å²) in [5.74, 6) is -1.33. The summed E-state index contributed by atoms with van der Waals surface area (Å²) in [6.45, 7) is 3.53. The van der Waals surface area contributed by atoms with Gasteiger partial charge in [0.05, 0.1) is 23.8 Å². The third-order valence-corrected chi connectivity index (χ3v) is 4.53. The smallest absolute Gasteiger partial charge is 0.339 e. The number of aromatic nitrogens is 3. The maximum Gasteiger partial charge on any atom is 0.339 e. The summed E-state index contributed by atoms with van der Waals surface area (Å²) < 4.78 is 7.23. The monoisotopic (exact) mass is 447 g/mol.